The van der Waals surface area contributed by atoms with E-state index in [9.17, 15) is 4.79 Å². The average Bonchev–Trinajstić information content (AvgIpc) is 2.99. The van der Waals surface area contributed by atoms with Gasteiger partial charge in [0.15, 0.2) is 6.10 Å². The molecule has 5 heteroatoms. The minimum atomic E-state index is -0.462. The molecule has 2 heterocycles. The number of hydrogen-bond donors (Lipinski definition) is 1. The van der Waals surface area contributed by atoms with E-state index in [2.05, 4.69) is 5.32 Å². The zero-order valence-electron chi connectivity index (χ0n) is 11.7. The van der Waals surface area contributed by atoms with Crippen LogP contribution in [0.15, 0.2) is 24.3 Å². The Labute approximate surface area is 118 Å². The fraction of sp³-hybridized carbons (Fsp3) is 0.533. The maximum atomic E-state index is 12.4. The molecule has 2 unspecified atom stereocenters. The Morgan fingerprint density at radius 3 is 3.10 bits per heavy atom. The maximum absolute atomic E-state index is 12.4. The number of nitrogens with zero attached hydrogens (tertiary/aromatic N) is 1. The number of nitrogens with one attached hydrogen (secondary N) is 1. The molecule has 1 fully saturated rings. The molecule has 1 aromatic carbocycles. The number of ether oxygens (including phenoxy) is 2. The number of fused-ring (bicyclic) bond motifs is 1. The van der Waals surface area contributed by atoms with E-state index in [1.54, 1.807) is 4.90 Å². The first-order valence-corrected chi connectivity index (χ1v) is 7.10. The molecule has 1 aromatic rings. The molecule has 0 bridgehead atoms. The van der Waals surface area contributed by atoms with Crippen LogP contribution in [-0.4, -0.2) is 49.8 Å². The normalized spacial score (nSPS) is 24.4. The first kappa shape index (κ1) is 13.2. The third-order valence-corrected chi connectivity index (χ3v) is 3.79. The van der Waals surface area contributed by atoms with Gasteiger partial charge in [-0.25, -0.2) is 0 Å². The van der Waals surface area contributed by atoms with Crippen molar-refractivity contribution < 1.29 is 14.3 Å². The SMILES string of the molecule is CN(CC1CCCO1)C(=O)C1CNc2ccccc2O1. The molecule has 0 aliphatic carbocycles. The number of carbonyl (C=O) groups is 1. The average molecular weight is 276 g/mol. The number of benzene rings is 1. The van der Waals surface area contributed by atoms with Gasteiger partial charge in [0.2, 0.25) is 0 Å². The maximum Gasteiger partial charge on any atom is 0.265 e. The molecule has 0 aromatic heterocycles. The fourth-order valence-corrected chi connectivity index (χ4v) is 2.68. The summed E-state index contributed by atoms with van der Waals surface area (Å²) in [6.07, 6.45) is 1.83. The summed E-state index contributed by atoms with van der Waals surface area (Å²) in [4.78, 5) is 14.1. The summed E-state index contributed by atoms with van der Waals surface area (Å²) < 4.78 is 11.4. The second-order valence-corrected chi connectivity index (χ2v) is 5.34. The van der Waals surface area contributed by atoms with Crippen LogP contribution in [0.5, 0.6) is 5.75 Å². The highest BCUT2D eigenvalue weighted by atomic mass is 16.5. The predicted molar refractivity (Wildman–Crippen MR) is 76.0 cm³/mol. The lowest BCUT2D eigenvalue weighted by atomic mass is 10.2. The van der Waals surface area contributed by atoms with Gasteiger partial charge in [-0.1, -0.05) is 12.1 Å². The van der Waals surface area contributed by atoms with Gasteiger partial charge in [0.05, 0.1) is 18.3 Å². The van der Waals surface area contributed by atoms with Crippen molar-refractivity contribution in [3.63, 3.8) is 0 Å². The number of carbonyl (C=O) groups excluding carboxylic acids is 1. The van der Waals surface area contributed by atoms with E-state index in [0.717, 1.165) is 30.9 Å². The standard InChI is InChI=1S/C15H20N2O3/c1-17(10-11-5-4-8-19-11)15(18)14-9-16-12-6-2-3-7-13(12)20-14/h2-3,6-7,11,14,16H,4-5,8-10H2,1H3. The first-order valence-electron chi connectivity index (χ1n) is 7.10. The Balaban J connectivity index is 1.60. The van der Waals surface area contributed by atoms with E-state index in [1.807, 2.05) is 31.3 Å². The van der Waals surface area contributed by atoms with Gasteiger partial charge in [-0.2, -0.15) is 0 Å². The van der Waals surface area contributed by atoms with Gasteiger partial charge < -0.3 is 19.7 Å². The number of para-hydroxylation sites is 2. The van der Waals surface area contributed by atoms with E-state index >= 15 is 0 Å². The number of hydrogen-bond acceptors (Lipinski definition) is 4. The minimum Gasteiger partial charge on any atom is -0.477 e. The second-order valence-electron chi connectivity index (χ2n) is 5.34. The third kappa shape index (κ3) is 2.72. The first-order chi connectivity index (χ1) is 9.74. The van der Waals surface area contributed by atoms with Crippen LogP contribution in [0.4, 0.5) is 5.69 Å². The highest BCUT2D eigenvalue weighted by molar-refractivity contribution is 5.83. The zero-order chi connectivity index (χ0) is 13.9. The summed E-state index contributed by atoms with van der Waals surface area (Å²) in [5.41, 5.74) is 0.943. The molecule has 3 rings (SSSR count). The van der Waals surface area contributed by atoms with Crippen LogP contribution in [0.3, 0.4) is 0 Å². The molecular formula is C15H20N2O3. The van der Waals surface area contributed by atoms with Crippen molar-refractivity contribution in [1.82, 2.24) is 4.90 Å². The molecule has 0 spiro atoms. The molecule has 1 N–H and O–H groups in total. The molecule has 0 radical (unpaired) electrons. The van der Waals surface area contributed by atoms with Gasteiger partial charge in [0, 0.05) is 20.2 Å². The van der Waals surface area contributed by atoms with E-state index < -0.39 is 6.10 Å². The molecule has 2 aliphatic heterocycles. The molecule has 20 heavy (non-hydrogen) atoms. The van der Waals surface area contributed by atoms with E-state index in [0.29, 0.717) is 13.1 Å². The molecule has 2 aliphatic rings. The lowest BCUT2D eigenvalue weighted by Crippen LogP contribution is -2.47. The van der Waals surface area contributed by atoms with E-state index in [4.69, 9.17) is 9.47 Å². The van der Waals surface area contributed by atoms with Crippen molar-refractivity contribution in [2.24, 2.45) is 0 Å². The molecule has 108 valence electrons. The van der Waals surface area contributed by atoms with E-state index in [1.165, 1.54) is 0 Å². The van der Waals surface area contributed by atoms with Crippen molar-refractivity contribution in [1.29, 1.82) is 0 Å². The summed E-state index contributed by atoms with van der Waals surface area (Å²) >= 11 is 0. The summed E-state index contributed by atoms with van der Waals surface area (Å²) in [7, 11) is 1.81. The van der Waals surface area contributed by atoms with Gasteiger partial charge in [0.25, 0.3) is 5.91 Å². The number of likely N-dealkylation sites (N-methyl/N-ethyl adjacent to an activating group) is 1. The van der Waals surface area contributed by atoms with Crippen LogP contribution in [0.25, 0.3) is 0 Å². The third-order valence-electron chi connectivity index (χ3n) is 3.79. The topological polar surface area (TPSA) is 50.8 Å². The summed E-state index contributed by atoms with van der Waals surface area (Å²) in [5, 5.41) is 3.24. The monoisotopic (exact) mass is 276 g/mol. The lowest BCUT2D eigenvalue weighted by molar-refractivity contribution is -0.138. The number of rotatable bonds is 3. The number of amides is 1. The van der Waals surface area contributed by atoms with Crippen LogP contribution in [0.2, 0.25) is 0 Å². The van der Waals surface area contributed by atoms with Crippen molar-refractivity contribution >= 4 is 11.6 Å². The van der Waals surface area contributed by atoms with Gasteiger partial charge in [0.1, 0.15) is 5.75 Å². The molecular weight excluding hydrogens is 256 g/mol. The van der Waals surface area contributed by atoms with Crippen LogP contribution in [0, 0.1) is 0 Å². The highest BCUT2D eigenvalue weighted by Crippen LogP contribution is 2.28. The number of anilines is 1. The van der Waals surface area contributed by atoms with Crippen LogP contribution >= 0.6 is 0 Å². The molecule has 0 saturated carbocycles. The quantitative estimate of drug-likeness (QED) is 0.909. The summed E-state index contributed by atoms with van der Waals surface area (Å²) in [6, 6.07) is 7.68. The Morgan fingerprint density at radius 2 is 2.30 bits per heavy atom. The molecule has 1 amide bonds. The fourth-order valence-electron chi connectivity index (χ4n) is 2.68. The zero-order valence-corrected chi connectivity index (χ0v) is 11.7. The molecule has 5 nitrogen and oxygen atoms in total. The van der Waals surface area contributed by atoms with Crippen molar-refractivity contribution in [3.8, 4) is 5.75 Å². The van der Waals surface area contributed by atoms with Gasteiger partial charge in [-0.3, -0.25) is 4.79 Å². The van der Waals surface area contributed by atoms with Gasteiger partial charge in [-0.15, -0.1) is 0 Å². The highest BCUT2D eigenvalue weighted by Gasteiger charge is 2.29. The Bertz CT molecular complexity index is 486. The van der Waals surface area contributed by atoms with Crippen LogP contribution < -0.4 is 10.1 Å². The molecule has 2 atom stereocenters. The van der Waals surface area contributed by atoms with Crippen molar-refractivity contribution in [2.75, 3.05) is 32.1 Å². The van der Waals surface area contributed by atoms with Crippen molar-refractivity contribution in [2.45, 2.75) is 25.0 Å². The summed E-state index contributed by atoms with van der Waals surface area (Å²) in [5.74, 6) is 0.741. The largest absolute Gasteiger partial charge is 0.477 e. The predicted octanol–water partition coefficient (Wildman–Crippen LogP) is 1.50. The van der Waals surface area contributed by atoms with Crippen LogP contribution in [-0.2, 0) is 9.53 Å². The Kier molecular flexibility index (Phi) is 3.78. The van der Waals surface area contributed by atoms with Crippen LogP contribution in [0.1, 0.15) is 12.8 Å². The molecule has 1 saturated heterocycles. The van der Waals surface area contributed by atoms with E-state index in [-0.39, 0.29) is 12.0 Å². The van der Waals surface area contributed by atoms with Gasteiger partial charge in [-0.05, 0) is 25.0 Å². The summed E-state index contributed by atoms with van der Waals surface area (Å²) in [6.45, 7) is 1.95. The Hall–Kier alpha value is -1.75. The smallest absolute Gasteiger partial charge is 0.265 e. The van der Waals surface area contributed by atoms with Gasteiger partial charge >= 0.3 is 0 Å². The second kappa shape index (κ2) is 5.71. The van der Waals surface area contributed by atoms with Crippen molar-refractivity contribution in [3.05, 3.63) is 24.3 Å². The lowest BCUT2D eigenvalue weighted by Gasteiger charge is -2.30. The Morgan fingerprint density at radius 1 is 1.45 bits per heavy atom. The minimum absolute atomic E-state index is 0.00232.